The Kier molecular flexibility index (Phi) is 4.29. The smallest absolute Gasteiger partial charge is 0.254 e. The number of amides is 1. The molecule has 2 aromatic heterocycles. The predicted molar refractivity (Wildman–Crippen MR) is 87.8 cm³/mol. The molecule has 1 atom stereocenters. The van der Waals surface area contributed by atoms with E-state index in [1.165, 1.54) is 0 Å². The highest BCUT2D eigenvalue weighted by molar-refractivity contribution is 7.08. The van der Waals surface area contributed by atoms with Crippen molar-refractivity contribution < 1.29 is 9.53 Å². The number of carbonyl (C=O) groups is 1. The highest BCUT2D eigenvalue weighted by Crippen LogP contribution is 2.27. The van der Waals surface area contributed by atoms with Gasteiger partial charge in [-0.1, -0.05) is 0 Å². The van der Waals surface area contributed by atoms with Gasteiger partial charge in [0.15, 0.2) is 11.6 Å². The van der Waals surface area contributed by atoms with Gasteiger partial charge in [0.1, 0.15) is 6.10 Å². The van der Waals surface area contributed by atoms with Crippen LogP contribution >= 0.6 is 11.3 Å². The number of hydrogen-bond acceptors (Lipinski definition) is 5. The molecule has 1 amide bonds. The molecule has 5 nitrogen and oxygen atoms in total. The monoisotopic (exact) mass is 317 g/mol. The first-order chi connectivity index (χ1) is 10.6. The molecule has 0 aromatic carbocycles. The van der Waals surface area contributed by atoms with Crippen LogP contribution in [0, 0.1) is 0 Å². The lowest BCUT2D eigenvalue weighted by Gasteiger charge is -2.20. The quantitative estimate of drug-likeness (QED) is 0.869. The molecule has 1 unspecified atom stereocenters. The van der Waals surface area contributed by atoms with E-state index in [1.807, 2.05) is 52.9 Å². The topological polar surface area (TPSA) is 45.7 Å². The molecule has 0 aliphatic carbocycles. The largest absolute Gasteiger partial charge is 0.485 e. The number of pyridine rings is 1. The van der Waals surface area contributed by atoms with Crippen LogP contribution in [-0.2, 0) is 0 Å². The first-order valence-corrected chi connectivity index (χ1v) is 8.20. The van der Waals surface area contributed by atoms with E-state index >= 15 is 0 Å². The first kappa shape index (κ1) is 14.8. The van der Waals surface area contributed by atoms with E-state index in [1.54, 1.807) is 17.5 Å². The van der Waals surface area contributed by atoms with Crippen molar-refractivity contribution in [1.82, 2.24) is 9.88 Å². The van der Waals surface area contributed by atoms with Crippen LogP contribution < -0.4 is 9.64 Å². The second-order valence-electron chi connectivity index (χ2n) is 5.51. The van der Waals surface area contributed by atoms with Gasteiger partial charge in [-0.2, -0.15) is 11.3 Å². The Morgan fingerprint density at radius 2 is 2.32 bits per heavy atom. The fourth-order valence-corrected chi connectivity index (χ4v) is 3.20. The van der Waals surface area contributed by atoms with Crippen molar-refractivity contribution in [3.05, 3.63) is 40.7 Å². The van der Waals surface area contributed by atoms with Gasteiger partial charge in [0.2, 0.25) is 0 Å². The number of likely N-dealkylation sites (tertiary alicyclic amines) is 1. The molecule has 6 heteroatoms. The molecular weight excluding hydrogens is 298 g/mol. The highest BCUT2D eigenvalue weighted by Gasteiger charge is 2.29. The Balaban J connectivity index is 1.65. The zero-order chi connectivity index (χ0) is 15.5. The second-order valence-corrected chi connectivity index (χ2v) is 6.29. The van der Waals surface area contributed by atoms with Gasteiger partial charge < -0.3 is 14.5 Å². The molecule has 1 fully saturated rings. The lowest BCUT2D eigenvalue weighted by atomic mass is 10.3. The zero-order valence-corrected chi connectivity index (χ0v) is 13.5. The highest BCUT2D eigenvalue weighted by atomic mass is 32.1. The number of thiophene rings is 1. The van der Waals surface area contributed by atoms with Crippen LogP contribution in [0.2, 0.25) is 0 Å². The molecule has 3 heterocycles. The maximum absolute atomic E-state index is 12.3. The summed E-state index contributed by atoms with van der Waals surface area (Å²) in [5.41, 5.74) is 0.765. The average Bonchev–Trinajstić information content (AvgIpc) is 3.18. The third kappa shape index (κ3) is 3.06. The number of nitrogens with zero attached hydrogens (tertiary/aromatic N) is 3. The number of rotatable bonds is 4. The summed E-state index contributed by atoms with van der Waals surface area (Å²) in [6, 6.07) is 5.66. The van der Waals surface area contributed by atoms with E-state index in [4.69, 9.17) is 4.74 Å². The number of aromatic nitrogens is 1. The molecule has 22 heavy (non-hydrogen) atoms. The summed E-state index contributed by atoms with van der Waals surface area (Å²) in [6.07, 6.45) is 2.62. The van der Waals surface area contributed by atoms with Crippen LogP contribution in [-0.4, -0.2) is 49.1 Å². The maximum atomic E-state index is 12.3. The lowest BCUT2D eigenvalue weighted by molar-refractivity contribution is 0.0773. The summed E-state index contributed by atoms with van der Waals surface area (Å²) in [6.45, 7) is 1.35. The van der Waals surface area contributed by atoms with E-state index in [-0.39, 0.29) is 12.0 Å². The van der Waals surface area contributed by atoms with Crippen molar-refractivity contribution in [3.8, 4) is 5.75 Å². The summed E-state index contributed by atoms with van der Waals surface area (Å²) in [5.74, 6) is 1.67. The third-order valence-corrected chi connectivity index (χ3v) is 4.35. The van der Waals surface area contributed by atoms with Gasteiger partial charge in [-0.3, -0.25) is 4.79 Å². The number of hydrogen-bond donors (Lipinski definition) is 0. The Labute approximate surface area is 134 Å². The van der Waals surface area contributed by atoms with E-state index in [0.29, 0.717) is 6.54 Å². The molecule has 1 saturated heterocycles. The van der Waals surface area contributed by atoms with Gasteiger partial charge in [0, 0.05) is 38.6 Å². The molecule has 2 aromatic rings. The van der Waals surface area contributed by atoms with Gasteiger partial charge in [0.05, 0.1) is 12.1 Å². The Bertz CT molecular complexity index is 643. The Morgan fingerprint density at radius 1 is 1.45 bits per heavy atom. The number of carbonyl (C=O) groups excluding carboxylic acids is 1. The molecule has 0 spiro atoms. The normalized spacial score (nSPS) is 17.5. The van der Waals surface area contributed by atoms with Gasteiger partial charge in [-0.15, -0.1) is 0 Å². The molecule has 116 valence electrons. The van der Waals surface area contributed by atoms with Crippen LogP contribution in [0.1, 0.15) is 16.8 Å². The minimum absolute atomic E-state index is 0.0190. The maximum Gasteiger partial charge on any atom is 0.254 e. The summed E-state index contributed by atoms with van der Waals surface area (Å²) >= 11 is 1.54. The van der Waals surface area contributed by atoms with Crippen molar-refractivity contribution in [2.24, 2.45) is 0 Å². The van der Waals surface area contributed by atoms with Crippen molar-refractivity contribution in [2.45, 2.75) is 12.5 Å². The number of anilines is 1. The van der Waals surface area contributed by atoms with E-state index in [0.717, 1.165) is 30.1 Å². The van der Waals surface area contributed by atoms with Crippen molar-refractivity contribution in [1.29, 1.82) is 0 Å². The molecule has 0 saturated carbocycles. The molecular formula is C16H19N3O2S. The fraction of sp³-hybridized carbons (Fsp3) is 0.375. The fourth-order valence-electron chi connectivity index (χ4n) is 2.57. The van der Waals surface area contributed by atoms with Crippen molar-refractivity contribution in [2.75, 3.05) is 32.1 Å². The molecule has 1 aliphatic heterocycles. The van der Waals surface area contributed by atoms with Crippen LogP contribution in [0.5, 0.6) is 5.75 Å². The molecule has 0 bridgehead atoms. The minimum Gasteiger partial charge on any atom is -0.485 e. The first-order valence-electron chi connectivity index (χ1n) is 7.25. The van der Waals surface area contributed by atoms with Crippen molar-refractivity contribution >= 4 is 23.1 Å². The van der Waals surface area contributed by atoms with E-state index in [9.17, 15) is 4.79 Å². The molecule has 3 rings (SSSR count). The van der Waals surface area contributed by atoms with Gasteiger partial charge in [-0.25, -0.2) is 4.98 Å². The van der Waals surface area contributed by atoms with E-state index < -0.39 is 0 Å². The second kappa shape index (κ2) is 6.36. The van der Waals surface area contributed by atoms with Crippen LogP contribution in [0.4, 0.5) is 5.82 Å². The van der Waals surface area contributed by atoms with Crippen molar-refractivity contribution in [3.63, 3.8) is 0 Å². The predicted octanol–water partition coefficient (Wildman–Crippen LogP) is 2.50. The summed E-state index contributed by atoms with van der Waals surface area (Å²) in [5, 5.41) is 3.82. The number of ether oxygens (including phenoxy) is 1. The average molecular weight is 317 g/mol. The molecule has 0 N–H and O–H groups in total. The van der Waals surface area contributed by atoms with Gasteiger partial charge >= 0.3 is 0 Å². The Hall–Kier alpha value is -2.08. The minimum atomic E-state index is 0.0190. The Morgan fingerprint density at radius 3 is 3.05 bits per heavy atom. The third-order valence-electron chi connectivity index (χ3n) is 3.67. The van der Waals surface area contributed by atoms with Crippen LogP contribution in [0.15, 0.2) is 35.2 Å². The summed E-state index contributed by atoms with van der Waals surface area (Å²) in [4.78, 5) is 20.5. The van der Waals surface area contributed by atoms with Gasteiger partial charge in [-0.05, 0) is 23.6 Å². The summed E-state index contributed by atoms with van der Waals surface area (Å²) < 4.78 is 6.07. The van der Waals surface area contributed by atoms with Crippen LogP contribution in [0.25, 0.3) is 0 Å². The molecule has 1 aliphatic rings. The SMILES string of the molecule is CN(C)c1ncccc1OC1CCN(C(=O)c2ccsc2)C1. The van der Waals surface area contributed by atoms with E-state index in [2.05, 4.69) is 4.98 Å². The van der Waals surface area contributed by atoms with Crippen LogP contribution in [0.3, 0.4) is 0 Å². The lowest BCUT2D eigenvalue weighted by Crippen LogP contribution is -2.30. The summed E-state index contributed by atoms with van der Waals surface area (Å²) in [7, 11) is 3.88. The molecule has 0 radical (unpaired) electrons. The standard InChI is InChI=1S/C16H19N3O2S/c1-18(2)15-14(4-3-7-17-15)21-13-5-8-19(10-13)16(20)12-6-9-22-11-12/h3-4,6-7,9,11,13H,5,8,10H2,1-2H3. The van der Waals surface area contributed by atoms with Gasteiger partial charge in [0.25, 0.3) is 5.91 Å². The zero-order valence-electron chi connectivity index (χ0n) is 12.7.